The summed E-state index contributed by atoms with van der Waals surface area (Å²) in [6.07, 6.45) is 7.03. The van der Waals surface area contributed by atoms with Gasteiger partial charge >= 0.3 is 0 Å². The maximum atomic E-state index is 13.7. The average Bonchev–Trinajstić information content (AvgIpc) is 3.97. The summed E-state index contributed by atoms with van der Waals surface area (Å²) in [6.45, 7) is 17.0. The number of piperidine rings is 2. The third kappa shape index (κ3) is 14.0. The molecule has 3 amide bonds. The van der Waals surface area contributed by atoms with Gasteiger partial charge in [0.05, 0.1) is 49.7 Å². The van der Waals surface area contributed by atoms with E-state index in [9.17, 15) is 14.4 Å². The van der Waals surface area contributed by atoms with E-state index in [2.05, 4.69) is 52.6 Å². The van der Waals surface area contributed by atoms with Crippen LogP contribution in [0.1, 0.15) is 127 Å². The number of likely N-dealkylation sites (tertiary alicyclic amines) is 2. The van der Waals surface area contributed by atoms with Crippen LogP contribution in [-0.4, -0.2) is 138 Å². The molecule has 0 unspecified atom stereocenters. The molecule has 9 rings (SSSR count). The molecule has 1 aromatic heterocycles. The highest BCUT2D eigenvalue weighted by Gasteiger charge is 2.29. The Morgan fingerprint density at radius 2 is 1.16 bits per heavy atom. The number of nitrogens with two attached hydrogens (primary N) is 1. The molecule has 4 fully saturated rings. The summed E-state index contributed by atoms with van der Waals surface area (Å²) in [5, 5.41) is 33.6. The summed E-state index contributed by atoms with van der Waals surface area (Å²) in [7, 11) is 0. The number of benzene rings is 4. The highest BCUT2D eigenvalue weighted by atomic mass is 32.2. The molecule has 5 aromatic rings. The lowest BCUT2D eigenvalue weighted by atomic mass is 9.88. The number of carbonyl (C=O) groups is 3. The van der Waals surface area contributed by atoms with Crippen LogP contribution >= 0.6 is 11.8 Å². The molecule has 0 spiro atoms. The van der Waals surface area contributed by atoms with Gasteiger partial charge in [0.2, 0.25) is 5.95 Å². The summed E-state index contributed by atoms with van der Waals surface area (Å²) >= 11 is 1.48. The van der Waals surface area contributed by atoms with Crippen LogP contribution in [0.15, 0.2) is 72.8 Å². The Morgan fingerprint density at radius 1 is 0.693 bits per heavy atom. The molecule has 5 heterocycles. The third-order valence-electron chi connectivity index (χ3n) is 14.6. The fraction of sp³-hybridized carbons (Fsp3) is 0.439. The Labute approximate surface area is 445 Å². The fourth-order valence-corrected chi connectivity index (χ4v) is 10.5. The van der Waals surface area contributed by atoms with Gasteiger partial charge in [-0.3, -0.25) is 30.3 Å². The van der Waals surface area contributed by atoms with Gasteiger partial charge < -0.3 is 29.1 Å². The zero-order chi connectivity index (χ0) is 53.4. The number of hydrazine groups is 1. The molecule has 75 heavy (non-hydrogen) atoms. The number of rotatable bonds is 9. The Hall–Kier alpha value is -7.09. The van der Waals surface area contributed by atoms with Crippen molar-refractivity contribution in [3.8, 4) is 23.5 Å². The number of thioether (sulfide) groups is 1. The van der Waals surface area contributed by atoms with E-state index in [-0.39, 0.29) is 11.8 Å². The molecule has 4 aromatic carbocycles. The molecule has 0 atom stereocenters. The van der Waals surface area contributed by atoms with Gasteiger partial charge in [0.15, 0.2) is 11.0 Å². The van der Waals surface area contributed by atoms with Crippen molar-refractivity contribution in [1.29, 1.82) is 15.9 Å². The lowest BCUT2D eigenvalue weighted by Crippen LogP contribution is -2.38. The fourth-order valence-electron chi connectivity index (χ4n) is 10.1. The van der Waals surface area contributed by atoms with E-state index < -0.39 is 5.91 Å². The predicted octanol–water partition coefficient (Wildman–Crippen LogP) is 7.74. The Balaban J connectivity index is 0.000000188. The largest absolute Gasteiger partial charge is 0.378 e. The number of nitrogens with zero attached hydrogens (tertiary/aromatic N) is 8. The molecular formula is C57H70N12O5S. The van der Waals surface area contributed by atoms with Crippen molar-refractivity contribution in [2.45, 2.75) is 78.1 Å². The number of carbonyl (C=O) groups excluding carboxylic acids is 3. The predicted molar refractivity (Wildman–Crippen MR) is 293 cm³/mol. The highest BCUT2D eigenvalue weighted by molar-refractivity contribution is 8.13. The molecule has 0 bridgehead atoms. The van der Waals surface area contributed by atoms with Gasteiger partial charge in [0.25, 0.3) is 17.7 Å². The van der Waals surface area contributed by atoms with Crippen molar-refractivity contribution in [1.82, 2.24) is 35.3 Å². The van der Waals surface area contributed by atoms with Crippen LogP contribution in [0.5, 0.6) is 0 Å². The summed E-state index contributed by atoms with van der Waals surface area (Å²) in [4.78, 5) is 51.7. The quantitative estimate of drug-likeness (QED) is 0.0364. The molecular weight excluding hydrogens is 965 g/mol. The van der Waals surface area contributed by atoms with Crippen molar-refractivity contribution in [2.75, 3.05) is 89.9 Å². The van der Waals surface area contributed by atoms with Crippen LogP contribution in [0.3, 0.4) is 0 Å². The topological polar surface area (TPSA) is 234 Å². The molecule has 4 saturated heterocycles. The summed E-state index contributed by atoms with van der Waals surface area (Å²) in [5.41, 5.74) is 12.5. The lowest BCUT2D eigenvalue weighted by Gasteiger charge is -2.33. The number of hydrogen-bond acceptors (Lipinski definition) is 13. The third-order valence-corrected chi connectivity index (χ3v) is 15.2. The van der Waals surface area contributed by atoms with Gasteiger partial charge in [0, 0.05) is 74.6 Å². The number of anilines is 1. The van der Waals surface area contributed by atoms with Crippen LogP contribution in [-0.2, 0) is 22.3 Å². The number of aromatic amines is 1. The summed E-state index contributed by atoms with van der Waals surface area (Å²) in [6, 6.07) is 27.5. The van der Waals surface area contributed by atoms with Gasteiger partial charge in [-0.05, 0) is 140 Å². The Morgan fingerprint density at radius 3 is 1.61 bits per heavy atom. The second-order valence-electron chi connectivity index (χ2n) is 19.1. The number of aryl methyl sites for hydroxylation is 4. The number of nitriles is 2. The van der Waals surface area contributed by atoms with Crippen LogP contribution in [0.25, 0.3) is 11.4 Å². The second kappa shape index (κ2) is 26.9. The summed E-state index contributed by atoms with van der Waals surface area (Å²) in [5.74, 6) is 7.10. The maximum Gasteiger partial charge on any atom is 0.265 e. The van der Waals surface area contributed by atoms with Crippen molar-refractivity contribution in [2.24, 2.45) is 5.84 Å². The molecule has 18 heteroatoms. The zero-order valence-corrected chi connectivity index (χ0v) is 44.7. The minimum Gasteiger partial charge on any atom is -0.378 e. The van der Waals surface area contributed by atoms with Gasteiger partial charge in [-0.25, -0.2) is 5.84 Å². The molecule has 0 radical (unpaired) electrons. The van der Waals surface area contributed by atoms with Gasteiger partial charge in [-0.2, -0.15) is 15.5 Å². The molecule has 0 saturated carbocycles. The number of aromatic nitrogens is 3. The normalized spacial score (nSPS) is 16.1. The second-order valence-corrected chi connectivity index (χ2v) is 19.9. The van der Waals surface area contributed by atoms with E-state index in [1.54, 1.807) is 6.07 Å². The van der Waals surface area contributed by atoms with Crippen molar-refractivity contribution < 1.29 is 23.9 Å². The Kier molecular flexibility index (Phi) is 20.0. The number of morpholine rings is 2. The zero-order valence-electron chi connectivity index (χ0n) is 43.9. The van der Waals surface area contributed by atoms with Crippen LogP contribution in [0.2, 0.25) is 0 Å². The van der Waals surface area contributed by atoms with E-state index in [4.69, 9.17) is 36.2 Å². The average molecular weight is 1040 g/mol. The Bertz CT molecular complexity index is 2850. The molecule has 17 nitrogen and oxygen atoms in total. The summed E-state index contributed by atoms with van der Waals surface area (Å²) < 4.78 is 10.6. The van der Waals surface area contributed by atoms with Crippen LogP contribution in [0, 0.1) is 41.9 Å². The first-order valence-electron chi connectivity index (χ1n) is 26.0. The van der Waals surface area contributed by atoms with Crippen LogP contribution in [0.4, 0.5) is 5.95 Å². The van der Waals surface area contributed by atoms with Gasteiger partial charge in [0.1, 0.15) is 0 Å². The molecule has 4 aliphatic rings. The minimum atomic E-state index is -0.390. The molecule has 4 aliphatic heterocycles. The van der Waals surface area contributed by atoms with Crippen LogP contribution < -0.4 is 16.2 Å². The standard InChI is InChI=1S/C28H32N6O2.C23H26N4O2.C6H12N2OS/c1-3-21-16-19(2)24(26-30-28(32-31-26)34-12-14-36-15-13-34)17-25(21)27(35)33-10-8-23(9-11-33)22-6-4-20(18-29)5-7-22;1-3-17-12-15(2)20(22(28)26-25)13-21(17)23(29)27-10-8-19(9-11-27)18-6-4-16(14-24)5-7-18;1-10-6(7)8-2-4-9-5-3-8/h4-7,16-17,23H,3,8-15H2,1-2H3,(H,30,31,32);4-7,12-13,19H,3,8-11,25H2,1-2H3,(H,26,28);7H,2-5H2,1H3. The van der Waals surface area contributed by atoms with Gasteiger partial charge in [-0.1, -0.05) is 62.0 Å². The monoisotopic (exact) mass is 1030 g/mol. The lowest BCUT2D eigenvalue weighted by molar-refractivity contribution is 0.0690. The highest BCUT2D eigenvalue weighted by Crippen LogP contribution is 2.33. The number of ether oxygens (including phenoxy) is 2. The van der Waals surface area contributed by atoms with Gasteiger partial charge in [-0.15, -0.1) is 5.10 Å². The van der Waals surface area contributed by atoms with E-state index in [1.165, 1.54) is 22.9 Å². The first kappa shape index (κ1) is 55.7. The SMILES string of the molecule is CCc1cc(C)c(-c2nc(N3CCOCC3)n[nH]2)cc1C(=O)N1CCC(c2ccc(C#N)cc2)CC1.CCc1cc(C)c(C(=O)NN)cc1C(=O)N1CCC(c2ccc(C#N)cc2)CC1.CSC(=N)N1CCOCC1. The number of amidine groups is 1. The van der Waals surface area contributed by atoms with E-state index >= 15 is 0 Å². The number of hydrogen-bond donors (Lipinski definition) is 4. The first-order chi connectivity index (χ1) is 36.4. The van der Waals surface area contributed by atoms with E-state index in [0.717, 1.165) is 118 Å². The van der Waals surface area contributed by atoms with Crippen molar-refractivity contribution in [3.63, 3.8) is 0 Å². The van der Waals surface area contributed by atoms with E-state index in [1.807, 2.05) is 95.5 Å². The molecule has 5 N–H and O–H groups in total. The number of nitrogens with one attached hydrogen (secondary N) is 3. The number of nitrogen functional groups attached to an aromatic ring is 1. The van der Waals surface area contributed by atoms with E-state index in [0.29, 0.717) is 83.8 Å². The molecule has 0 aliphatic carbocycles. The minimum absolute atomic E-state index is 0.0359. The van der Waals surface area contributed by atoms with Crippen molar-refractivity contribution in [3.05, 3.63) is 134 Å². The van der Waals surface area contributed by atoms with Crippen molar-refractivity contribution >= 4 is 40.6 Å². The smallest absolute Gasteiger partial charge is 0.265 e. The first-order valence-corrected chi connectivity index (χ1v) is 27.2. The maximum absolute atomic E-state index is 13.7. The molecule has 394 valence electrons. The number of H-pyrrole nitrogens is 1. The number of amides is 3.